The lowest BCUT2D eigenvalue weighted by atomic mass is 10.1. The van der Waals surface area contributed by atoms with Gasteiger partial charge >= 0.3 is 5.97 Å². The maximum atomic E-state index is 10.9. The van der Waals surface area contributed by atoms with E-state index in [1.807, 2.05) is 18.7 Å². The molecule has 1 N–H and O–H groups in total. The third kappa shape index (κ3) is 2.72. The summed E-state index contributed by atoms with van der Waals surface area (Å²) in [6.07, 6.45) is 0. The molecule has 0 aromatic heterocycles. The van der Waals surface area contributed by atoms with E-state index in [1.54, 1.807) is 13.1 Å². The Morgan fingerprint density at radius 2 is 2.06 bits per heavy atom. The van der Waals surface area contributed by atoms with Gasteiger partial charge in [-0.3, -0.25) is 10.1 Å². The van der Waals surface area contributed by atoms with Gasteiger partial charge in [0.2, 0.25) is 0 Å². The van der Waals surface area contributed by atoms with Crippen molar-refractivity contribution in [2.45, 2.75) is 19.9 Å². The van der Waals surface area contributed by atoms with Gasteiger partial charge in [-0.05, 0) is 26.0 Å². The molecular formula is C11H14N2O4. The molecule has 0 spiro atoms. The van der Waals surface area contributed by atoms with Crippen LogP contribution in [0.2, 0.25) is 0 Å². The fraction of sp³-hybridized carbons (Fsp3) is 0.364. The zero-order chi connectivity index (χ0) is 13.2. The van der Waals surface area contributed by atoms with Crippen molar-refractivity contribution < 1.29 is 14.8 Å². The smallest absolute Gasteiger partial charge is 0.342 e. The molecule has 0 fully saturated rings. The van der Waals surface area contributed by atoms with Gasteiger partial charge in [0.15, 0.2) is 0 Å². The highest BCUT2D eigenvalue weighted by molar-refractivity contribution is 5.93. The average molecular weight is 238 g/mol. The van der Waals surface area contributed by atoms with Crippen molar-refractivity contribution in [1.29, 1.82) is 0 Å². The number of hydrogen-bond acceptors (Lipinski definition) is 4. The van der Waals surface area contributed by atoms with Gasteiger partial charge < -0.3 is 10.0 Å². The first-order valence-electron chi connectivity index (χ1n) is 5.09. The van der Waals surface area contributed by atoms with Crippen molar-refractivity contribution in [1.82, 2.24) is 0 Å². The van der Waals surface area contributed by atoms with E-state index < -0.39 is 16.6 Å². The van der Waals surface area contributed by atoms with Crippen LogP contribution < -0.4 is 4.90 Å². The molecule has 17 heavy (non-hydrogen) atoms. The number of carbonyl (C=O) groups is 1. The number of anilines is 1. The van der Waals surface area contributed by atoms with Crippen LogP contribution in [0.5, 0.6) is 0 Å². The highest BCUT2D eigenvalue weighted by Crippen LogP contribution is 2.25. The SMILES string of the molecule is CC(C)N(C)c1ccc([N+](=O)[O-])c(C(=O)O)c1. The van der Waals surface area contributed by atoms with Gasteiger partial charge in [0.25, 0.3) is 5.69 Å². The van der Waals surface area contributed by atoms with Crippen molar-refractivity contribution in [3.8, 4) is 0 Å². The van der Waals surface area contributed by atoms with Gasteiger partial charge in [0.1, 0.15) is 5.56 Å². The van der Waals surface area contributed by atoms with E-state index in [0.717, 1.165) is 0 Å². The van der Waals surface area contributed by atoms with Gasteiger partial charge in [-0.1, -0.05) is 0 Å². The summed E-state index contributed by atoms with van der Waals surface area (Å²) in [4.78, 5) is 22.8. The lowest BCUT2D eigenvalue weighted by Gasteiger charge is -2.23. The molecule has 0 heterocycles. The Hall–Kier alpha value is -2.11. The quantitative estimate of drug-likeness (QED) is 0.641. The van der Waals surface area contributed by atoms with Crippen molar-refractivity contribution in [3.05, 3.63) is 33.9 Å². The Morgan fingerprint density at radius 3 is 2.47 bits per heavy atom. The summed E-state index contributed by atoms with van der Waals surface area (Å²) in [5, 5.41) is 19.6. The Bertz CT molecular complexity index is 457. The van der Waals surface area contributed by atoms with E-state index in [-0.39, 0.29) is 11.6 Å². The average Bonchev–Trinajstić information content (AvgIpc) is 2.26. The predicted octanol–water partition coefficient (Wildman–Crippen LogP) is 2.14. The summed E-state index contributed by atoms with van der Waals surface area (Å²) in [6, 6.07) is 4.26. The lowest BCUT2D eigenvalue weighted by Crippen LogP contribution is -2.25. The molecule has 6 heteroatoms. The summed E-state index contributed by atoms with van der Waals surface area (Å²) < 4.78 is 0. The number of aromatic carboxylic acids is 1. The number of rotatable bonds is 4. The molecule has 0 unspecified atom stereocenters. The fourth-order valence-electron chi connectivity index (χ4n) is 1.37. The number of carboxylic acids is 1. The van der Waals surface area contributed by atoms with Crippen LogP contribution in [-0.2, 0) is 0 Å². The second kappa shape index (κ2) is 4.82. The van der Waals surface area contributed by atoms with Gasteiger partial charge in [0, 0.05) is 24.8 Å². The van der Waals surface area contributed by atoms with E-state index in [4.69, 9.17) is 5.11 Å². The normalized spacial score (nSPS) is 10.4. The van der Waals surface area contributed by atoms with E-state index in [1.165, 1.54) is 12.1 Å². The molecule has 1 rings (SSSR count). The molecular weight excluding hydrogens is 224 g/mol. The molecule has 0 saturated heterocycles. The monoisotopic (exact) mass is 238 g/mol. The topological polar surface area (TPSA) is 83.7 Å². The first-order valence-corrected chi connectivity index (χ1v) is 5.09. The van der Waals surface area contributed by atoms with Gasteiger partial charge in [-0.25, -0.2) is 4.79 Å². The fourth-order valence-corrected chi connectivity index (χ4v) is 1.37. The minimum absolute atomic E-state index is 0.179. The first-order chi connectivity index (χ1) is 7.84. The van der Waals surface area contributed by atoms with Crippen molar-refractivity contribution >= 4 is 17.3 Å². The largest absolute Gasteiger partial charge is 0.477 e. The maximum absolute atomic E-state index is 10.9. The van der Waals surface area contributed by atoms with Crippen LogP contribution in [-0.4, -0.2) is 29.1 Å². The molecule has 0 amide bonds. The number of carboxylic acid groups (broad SMARTS) is 1. The minimum atomic E-state index is -1.30. The molecule has 1 aromatic carbocycles. The Kier molecular flexibility index (Phi) is 3.67. The van der Waals surface area contributed by atoms with Crippen molar-refractivity contribution in [2.24, 2.45) is 0 Å². The van der Waals surface area contributed by atoms with E-state index in [0.29, 0.717) is 5.69 Å². The van der Waals surface area contributed by atoms with Crippen LogP contribution in [0.15, 0.2) is 18.2 Å². The lowest BCUT2D eigenvalue weighted by molar-refractivity contribution is -0.385. The van der Waals surface area contributed by atoms with Gasteiger partial charge in [0.05, 0.1) is 4.92 Å². The molecule has 0 aliphatic heterocycles. The van der Waals surface area contributed by atoms with Crippen LogP contribution >= 0.6 is 0 Å². The molecule has 92 valence electrons. The summed E-state index contributed by atoms with van der Waals surface area (Å²) in [7, 11) is 1.80. The number of nitrogens with zero attached hydrogens (tertiary/aromatic N) is 2. The zero-order valence-electron chi connectivity index (χ0n) is 9.88. The zero-order valence-corrected chi connectivity index (χ0v) is 9.88. The minimum Gasteiger partial charge on any atom is -0.477 e. The molecule has 0 aliphatic carbocycles. The van der Waals surface area contributed by atoms with Crippen LogP contribution in [0.1, 0.15) is 24.2 Å². The highest BCUT2D eigenvalue weighted by atomic mass is 16.6. The van der Waals surface area contributed by atoms with Crippen molar-refractivity contribution in [3.63, 3.8) is 0 Å². The molecule has 0 radical (unpaired) electrons. The van der Waals surface area contributed by atoms with E-state index >= 15 is 0 Å². The molecule has 0 bridgehead atoms. The Labute approximate surface area is 98.6 Å². The molecule has 0 saturated carbocycles. The number of hydrogen-bond donors (Lipinski definition) is 1. The number of benzene rings is 1. The van der Waals surface area contributed by atoms with Crippen molar-refractivity contribution in [2.75, 3.05) is 11.9 Å². The third-order valence-corrected chi connectivity index (χ3v) is 2.59. The predicted molar refractivity (Wildman–Crippen MR) is 63.6 cm³/mol. The third-order valence-electron chi connectivity index (χ3n) is 2.59. The van der Waals surface area contributed by atoms with Crippen LogP contribution in [0.4, 0.5) is 11.4 Å². The summed E-state index contributed by atoms with van der Waals surface area (Å²) in [5.41, 5.74) is -0.0404. The first kappa shape index (κ1) is 13.0. The van der Waals surface area contributed by atoms with E-state index in [9.17, 15) is 14.9 Å². The summed E-state index contributed by atoms with van der Waals surface area (Å²) in [5.74, 6) is -1.30. The number of nitro groups is 1. The Morgan fingerprint density at radius 1 is 1.47 bits per heavy atom. The molecule has 6 nitrogen and oxygen atoms in total. The molecule has 0 atom stereocenters. The number of nitro benzene ring substituents is 1. The van der Waals surface area contributed by atoms with Gasteiger partial charge in [-0.15, -0.1) is 0 Å². The van der Waals surface area contributed by atoms with Crippen LogP contribution in [0.3, 0.4) is 0 Å². The molecule has 0 aliphatic rings. The van der Waals surface area contributed by atoms with Gasteiger partial charge in [-0.2, -0.15) is 0 Å². The summed E-state index contributed by atoms with van der Waals surface area (Å²) >= 11 is 0. The van der Waals surface area contributed by atoms with Crippen LogP contribution in [0, 0.1) is 10.1 Å². The summed E-state index contributed by atoms with van der Waals surface area (Å²) in [6.45, 7) is 3.89. The second-order valence-corrected chi connectivity index (χ2v) is 3.97. The van der Waals surface area contributed by atoms with Crippen LogP contribution in [0.25, 0.3) is 0 Å². The standard InChI is InChI=1S/C11H14N2O4/c1-7(2)12(3)8-4-5-10(13(16)17)9(6-8)11(14)15/h4-7H,1-3H3,(H,14,15). The maximum Gasteiger partial charge on any atom is 0.342 e. The highest BCUT2D eigenvalue weighted by Gasteiger charge is 2.21. The molecule has 1 aromatic rings. The Balaban J connectivity index is 3.28. The second-order valence-electron chi connectivity index (χ2n) is 3.97. The van der Waals surface area contributed by atoms with E-state index in [2.05, 4.69) is 0 Å².